The molecule has 2 saturated heterocycles. The number of nitrogens with zero attached hydrogens (tertiary/aromatic N) is 2. The van der Waals surface area contributed by atoms with Gasteiger partial charge in [0.1, 0.15) is 4.88 Å². The van der Waals surface area contributed by atoms with Crippen LogP contribution >= 0.6 is 11.3 Å². The third kappa shape index (κ3) is 3.47. The van der Waals surface area contributed by atoms with E-state index in [4.69, 9.17) is 5.11 Å². The first-order chi connectivity index (χ1) is 10.1. The van der Waals surface area contributed by atoms with E-state index in [1.165, 1.54) is 55.7 Å². The van der Waals surface area contributed by atoms with E-state index >= 15 is 0 Å². The number of rotatable bonds is 4. The fourth-order valence-electron chi connectivity index (χ4n) is 3.56. The number of piperidine rings is 1. The van der Waals surface area contributed by atoms with Crippen molar-refractivity contribution in [2.45, 2.75) is 45.2 Å². The van der Waals surface area contributed by atoms with E-state index in [2.05, 4.69) is 9.80 Å². The molecule has 1 aromatic rings. The molecule has 4 nitrogen and oxygen atoms in total. The number of thiophene rings is 1. The first-order valence-electron chi connectivity index (χ1n) is 7.92. The van der Waals surface area contributed by atoms with Gasteiger partial charge in [0.15, 0.2) is 0 Å². The lowest BCUT2D eigenvalue weighted by Crippen LogP contribution is -2.40. The molecule has 0 aliphatic carbocycles. The molecule has 1 atom stereocenters. The average Bonchev–Trinajstić information content (AvgIpc) is 3.08. The molecule has 2 fully saturated rings. The maximum Gasteiger partial charge on any atom is 0.345 e. The molecule has 0 radical (unpaired) electrons. The molecule has 0 spiro atoms. The Balaban J connectivity index is 1.58. The van der Waals surface area contributed by atoms with E-state index in [1.807, 2.05) is 13.0 Å². The number of aryl methyl sites for hydroxylation is 1. The van der Waals surface area contributed by atoms with E-state index in [0.717, 1.165) is 24.5 Å². The summed E-state index contributed by atoms with van der Waals surface area (Å²) < 4.78 is 0. The third-order valence-electron chi connectivity index (χ3n) is 4.78. The molecule has 2 aliphatic heterocycles. The number of likely N-dealkylation sites (tertiary alicyclic amines) is 2. The highest BCUT2D eigenvalue weighted by Gasteiger charge is 2.28. The van der Waals surface area contributed by atoms with Crippen LogP contribution in [0.3, 0.4) is 0 Å². The first-order valence-corrected chi connectivity index (χ1v) is 8.74. The molecule has 1 unspecified atom stereocenters. The molecule has 0 aromatic carbocycles. The SMILES string of the molecule is Cc1sc(C(=O)O)cc1CN1CCC(N2CCCCC2)C1. The summed E-state index contributed by atoms with van der Waals surface area (Å²) in [4.78, 5) is 17.8. The van der Waals surface area contributed by atoms with Gasteiger partial charge in [0.25, 0.3) is 0 Å². The number of carboxylic acids is 1. The van der Waals surface area contributed by atoms with Crippen LogP contribution in [0.1, 0.15) is 45.8 Å². The molecule has 1 aromatic heterocycles. The van der Waals surface area contributed by atoms with Crippen LogP contribution in [0.2, 0.25) is 0 Å². The zero-order chi connectivity index (χ0) is 14.8. The third-order valence-corrected chi connectivity index (χ3v) is 5.86. The molecule has 0 amide bonds. The Kier molecular flexibility index (Phi) is 4.62. The number of hydrogen-bond acceptors (Lipinski definition) is 4. The summed E-state index contributed by atoms with van der Waals surface area (Å²) in [5, 5.41) is 9.09. The Morgan fingerprint density at radius 3 is 2.76 bits per heavy atom. The Morgan fingerprint density at radius 2 is 2.10 bits per heavy atom. The van der Waals surface area contributed by atoms with Crippen LogP contribution < -0.4 is 0 Å². The van der Waals surface area contributed by atoms with Gasteiger partial charge in [0.05, 0.1) is 0 Å². The summed E-state index contributed by atoms with van der Waals surface area (Å²) in [5.74, 6) is -0.804. The second kappa shape index (κ2) is 6.46. The van der Waals surface area contributed by atoms with Crippen LogP contribution in [0.15, 0.2) is 6.07 Å². The predicted octanol–water partition coefficient (Wildman–Crippen LogP) is 2.81. The molecular formula is C16H24N2O2S. The topological polar surface area (TPSA) is 43.8 Å². The van der Waals surface area contributed by atoms with Crippen molar-refractivity contribution >= 4 is 17.3 Å². The number of hydrogen-bond donors (Lipinski definition) is 1. The highest BCUT2D eigenvalue weighted by atomic mass is 32.1. The quantitative estimate of drug-likeness (QED) is 0.929. The molecule has 3 rings (SSSR count). The standard InChI is InChI=1S/C16H24N2O2S/c1-12-13(9-15(21-12)16(19)20)10-17-8-5-14(11-17)18-6-3-2-4-7-18/h9,14H,2-8,10-11H2,1H3,(H,19,20). The molecule has 3 heterocycles. The van der Waals surface area contributed by atoms with Crippen molar-refractivity contribution < 1.29 is 9.90 Å². The predicted molar refractivity (Wildman–Crippen MR) is 85.1 cm³/mol. The van der Waals surface area contributed by atoms with Crippen molar-refractivity contribution in [3.63, 3.8) is 0 Å². The van der Waals surface area contributed by atoms with Crippen molar-refractivity contribution in [3.8, 4) is 0 Å². The van der Waals surface area contributed by atoms with Crippen molar-refractivity contribution in [1.82, 2.24) is 9.80 Å². The number of carbonyl (C=O) groups is 1. The Bertz CT molecular complexity index is 508. The number of carboxylic acid groups (broad SMARTS) is 1. The molecule has 116 valence electrons. The second-order valence-corrected chi connectivity index (χ2v) is 7.53. The van der Waals surface area contributed by atoms with E-state index in [9.17, 15) is 4.79 Å². The van der Waals surface area contributed by atoms with Crippen LogP contribution in [-0.2, 0) is 6.54 Å². The van der Waals surface area contributed by atoms with E-state index in [0.29, 0.717) is 10.9 Å². The van der Waals surface area contributed by atoms with Crippen molar-refractivity contribution in [1.29, 1.82) is 0 Å². The van der Waals surface area contributed by atoms with E-state index in [1.54, 1.807) is 0 Å². The fraction of sp³-hybridized carbons (Fsp3) is 0.688. The first kappa shape index (κ1) is 15.0. The van der Waals surface area contributed by atoms with Gasteiger partial charge in [-0.05, 0) is 50.9 Å². The summed E-state index contributed by atoms with van der Waals surface area (Å²) >= 11 is 1.40. The van der Waals surface area contributed by atoms with Gasteiger partial charge in [-0.3, -0.25) is 9.80 Å². The summed E-state index contributed by atoms with van der Waals surface area (Å²) in [7, 11) is 0. The monoisotopic (exact) mass is 308 g/mol. The summed E-state index contributed by atoms with van der Waals surface area (Å²) in [6.45, 7) is 7.74. The largest absolute Gasteiger partial charge is 0.477 e. The smallest absolute Gasteiger partial charge is 0.345 e. The molecular weight excluding hydrogens is 284 g/mol. The summed E-state index contributed by atoms with van der Waals surface area (Å²) in [6, 6.07) is 2.57. The Morgan fingerprint density at radius 1 is 1.33 bits per heavy atom. The lowest BCUT2D eigenvalue weighted by molar-refractivity contribution is 0.0702. The van der Waals surface area contributed by atoms with Gasteiger partial charge in [-0.25, -0.2) is 4.79 Å². The van der Waals surface area contributed by atoms with Crippen LogP contribution in [0.5, 0.6) is 0 Å². The molecule has 0 saturated carbocycles. The highest BCUT2D eigenvalue weighted by Crippen LogP contribution is 2.26. The van der Waals surface area contributed by atoms with Gasteiger partial charge in [-0.15, -0.1) is 11.3 Å². The minimum atomic E-state index is -0.804. The lowest BCUT2D eigenvalue weighted by atomic mass is 10.1. The molecule has 21 heavy (non-hydrogen) atoms. The Labute approximate surface area is 130 Å². The van der Waals surface area contributed by atoms with Crippen LogP contribution in [0.25, 0.3) is 0 Å². The van der Waals surface area contributed by atoms with Gasteiger partial charge >= 0.3 is 5.97 Å². The minimum Gasteiger partial charge on any atom is -0.477 e. The molecule has 1 N–H and O–H groups in total. The summed E-state index contributed by atoms with van der Waals surface area (Å²) in [6.07, 6.45) is 5.35. The van der Waals surface area contributed by atoms with Crippen molar-refractivity contribution in [2.75, 3.05) is 26.2 Å². The van der Waals surface area contributed by atoms with Crippen molar-refractivity contribution in [3.05, 3.63) is 21.4 Å². The van der Waals surface area contributed by atoms with Crippen LogP contribution in [0, 0.1) is 6.92 Å². The fourth-order valence-corrected chi connectivity index (χ4v) is 4.43. The minimum absolute atomic E-state index is 0.467. The van der Waals surface area contributed by atoms with Gasteiger partial charge in [-0.2, -0.15) is 0 Å². The van der Waals surface area contributed by atoms with E-state index in [-0.39, 0.29) is 0 Å². The van der Waals surface area contributed by atoms with Gasteiger partial charge < -0.3 is 5.11 Å². The molecule has 0 bridgehead atoms. The molecule has 2 aliphatic rings. The second-order valence-electron chi connectivity index (χ2n) is 6.27. The zero-order valence-electron chi connectivity index (χ0n) is 12.7. The number of aromatic carboxylic acids is 1. The van der Waals surface area contributed by atoms with Gasteiger partial charge in [-0.1, -0.05) is 6.42 Å². The van der Waals surface area contributed by atoms with Crippen LogP contribution in [0.4, 0.5) is 0 Å². The van der Waals surface area contributed by atoms with Gasteiger partial charge in [0, 0.05) is 30.6 Å². The Hall–Kier alpha value is -0.910. The molecule has 5 heteroatoms. The maximum atomic E-state index is 11.1. The lowest BCUT2D eigenvalue weighted by Gasteiger charge is -2.32. The average molecular weight is 308 g/mol. The van der Waals surface area contributed by atoms with E-state index < -0.39 is 5.97 Å². The van der Waals surface area contributed by atoms with Crippen LogP contribution in [-0.4, -0.2) is 53.1 Å². The van der Waals surface area contributed by atoms with Crippen molar-refractivity contribution in [2.24, 2.45) is 0 Å². The normalized spacial score (nSPS) is 24.5. The van der Waals surface area contributed by atoms with Gasteiger partial charge in [0.2, 0.25) is 0 Å². The maximum absolute atomic E-state index is 11.1. The summed E-state index contributed by atoms with van der Waals surface area (Å²) in [5.41, 5.74) is 1.19. The highest BCUT2D eigenvalue weighted by molar-refractivity contribution is 7.14. The zero-order valence-corrected chi connectivity index (χ0v) is 13.5.